The molecule has 0 radical (unpaired) electrons. The Kier molecular flexibility index (Phi) is 3.35. The van der Waals surface area contributed by atoms with Crippen molar-refractivity contribution in [1.82, 2.24) is 0 Å². The van der Waals surface area contributed by atoms with Crippen LogP contribution in [0.3, 0.4) is 0 Å². The zero-order chi connectivity index (χ0) is 10.1. The number of hydrogen-bond donors (Lipinski definition) is 0. The van der Waals surface area contributed by atoms with Crippen molar-refractivity contribution in [1.29, 1.82) is 0 Å². The highest BCUT2D eigenvalue weighted by Crippen LogP contribution is 2.15. The fourth-order valence-corrected chi connectivity index (χ4v) is 1.88. The van der Waals surface area contributed by atoms with E-state index < -0.39 is 0 Å². The van der Waals surface area contributed by atoms with E-state index in [0.29, 0.717) is 0 Å². The molecule has 0 bridgehead atoms. The second-order valence-electron chi connectivity index (χ2n) is 4.52. The first-order valence-corrected chi connectivity index (χ1v) is 5.52. The monoisotopic (exact) mass is 290 g/mol. The van der Waals surface area contributed by atoms with Gasteiger partial charge in [0.2, 0.25) is 0 Å². The van der Waals surface area contributed by atoms with Gasteiger partial charge in [0.25, 0.3) is 0 Å². The molecule has 1 nitrogen and oxygen atoms in total. The molecule has 0 N–H and O–H groups in total. The quantitative estimate of drug-likeness (QED) is 0.580. The highest BCUT2D eigenvalue weighted by Gasteiger charge is 2.10. The molecule has 0 fully saturated rings. The van der Waals surface area contributed by atoms with Crippen molar-refractivity contribution in [3.8, 4) is 0 Å². The highest BCUT2D eigenvalue weighted by molar-refractivity contribution is 14.1. The van der Waals surface area contributed by atoms with Crippen LogP contribution in [-0.4, -0.2) is 25.6 Å². The summed E-state index contributed by atoms with van der Waals surface area (Å²) in [6.45, 7) is 3.28. The van der Waals surface area contributed by atoms with Gasteiger partial charge in [-0.1, -0.05) is 6.07 Å². The molecule has 0 atom stereocenters. The highest BCUT2D eigenvalue weighted by atomic mass is 127. The molecule has 1 aromatic carbocycles. The lowest BCUT2D eigenvalue weighted by molar-refractivity contribution is -0.884. The van der Waals surface area contributed by atoms with E-state index in [0.717, 1.165) is 11.0 Å². The Labute approximate surface area is 94.5 Å². The van der Waals surface area contributed by atoms with Gasteiger partial charge in [-0.2, -0.15) is 0 Å². The Bertz CT molecular complexity index is 299. The Morgan fingerprint density at radius 2 is 1.85 bits per heavy atom. The van der Waals surface area contributed by atoms with Crippen LogP contribution in [0.1, 0.15) is 11.1 Å². The van der Waals surface area contributed by atoms with Crippen molar-refractivity contribution in [2.45, 2.75) is 13.5 Å². The zero-order valence-electron chi connectivity index (χ0n) is 8.76. The van der Waals surface area contributed by atoms with Gasteiger partial charge in [-0.05, 0) is 47.2 Å². The zero-order valence-corrected chi connectivity index (χ0v) is 10.9. The average Bonchev–Trinajstić information content (AvgIpc) is 1.94. The fourth-order valence-electron chi connectivity index (χ4n) is 1.32. The molecule has 0 spiro atoms. The molecule has 1 rings (SSSR count). The third kappa shape index (κ3) is 3.65. The number of hydrogen-bond acceptors (Lipinski definition) is 0. The minimum atomic E-state index is 0.987. The van der Waals surface area contributed by atoms with Gasteiger partial charge in [0.05, 0.1) is 21.1 Å². The summed E-state index contributed by atoms with van der Waals surface area (Å²) in [5.74, 6) is 0. The predicted molar refractivity (Wildman–Crippen MR) is 65.6 cm³/mol. The summed E-state index contributed by atoms with van der Waals surface area (Å²) in [5.41, 5.74) is 2.85. The summed E-state index contributed by atoms with van der Waals surface area (Å²) in [7, 11) is 6.66. The van der Waals surface area contributed by atoms with Crippen molar-refractivity contribution in [2.24, 2.45) is 0 Å². The molecule has 13 heavy (non-hydrogen) atoms. The number of aryl methyl sites for hydroxylation is 1. The summed E-state index contributed by atoms with van der Waals surface area (Å²) in [6.07, 6.45) is 0. The van der Waals surface area contributed by atoms with Crippen molar-refractivity contribution in [3.05, 3.63) is 32.9 Å². The minimum Gasteiger partial charge on any atom is -0.327 e. The van der Waals surface area contributed by atoms with Gasteiger partial charge in [0, 0.05) is 9.13 Å². The van der Waals surface area contributed by atoms with Crippen LogP contribution in [0, 0.1) is 10.5 Å². The standard InChI is InChI=1S/C11H17IN/c1-9-5-6-11(12)7-10(9)8-13(2,3)4/h5-7H,8H2,1-4H3/q+1. The first-order valence-electron chi connectivity index (χ1n) is 4.44. The number of quaternary nitrogens is 1. The van der Waals surface area contributed by atoms with E-state index in [-0.39, 0.29) is 0 Å². The molecule has 0 aliphatic heterocycles. The second-order valence-corrected chi connectivity index (χ2v) is 5.76. The lowest BCUT2D eigenvalue weighted by atomic mass is 10.1. The van der Waals surface area contributed by atoms with Gasteiger partial charge in [-0.25, -0.2) is 0 Å². The number of nitrogens with zero attached hydrogens (tertiary/aromatic N) is 1. The molecule has 0 aliphatic rings. The molecule has 1 aromatic rings. The summed E-state index contributed by atoms with van der Waals surface area (Å²) >= 11 is 2.37. The molecule has 0 saturated heterocycles. The molecule has 0 heterocycles. The summed E-state index contributed by atoms with van der Waals surface area (Å²) in [5, 5.41) is 0. The van der Waals surface area contributed by atoms with Crippen LogP contribution in [0.5, 0.6) is 0 Å². The Balaban J connectivity index is 2.94. The maximum Gasteiger partial charge on any atom is 0.104 e. The van der Waals surface area contributed by atoms with Crippen LogP contribution in [0.15, 0.2) is 18.2 Å². The smallest absolute Gasteiger partial charge is 0.104 e. The van der Waals surface area contributed by atoms with Gasteiger partial charge in [0.15, 0.2) is 0 Å². The van der Waals surface area contributed by atoms with Crippen molar-refractivity contribution in [2.75, 3.05) is 21.1 Å². The molecular weight excluding hydrogens is 273 g/mol. The normalized spacial score (nSPS) is 11.8. The van der Waals surface area contributed by atoms with Gasteiger partial charge < -0.3 is 4.48 Å². The van der Waals surface area contributed by atoms with Gasteiger partial charge in [-0.3, -0.25) is 0 Å². The van der Waals surface area contributed by atoms with Gasteiger partial charge in [0.1, 0.15) is 6.54 Å². The van der Waals surface area contributed by atoms with E-state index in [1.165, 1.54) is 14.7 Å². The Morgan fingerprint density at radius 1 is 1.23 bits per heavy atom. The molecule has 2 heteroatoms. The summed E-state index contributed by atoms with van der Waals surface area (Å²) in [6, 6.07) is 6.64. The van der Waals surface area contributed by atoms with Crippen molar-refractivity contribution in [3.63, 3.8) is 0 Å². The predicted octanol–water partition coefficient (Wildman–Crippen LogP) is 2.81. The van der Waals surface area contributed by atoms with Gasteiger partial charge in [-0.15, -0.1) is 0 Å². The minimum absolute atomic E-state index is 0.987. The molecule has 72 valence electrons. The number of halogens is 1. The molecule has 0 amide bonds. The van der Waals surface area contributed by atoms with E-state index in [4.69, 9.17) is 0 Å². The maximum absolute atomic E-state index is 2.37. The topological polar surface area (TPSA) is 0 Å². The molecule has 0 saturated carbocycles. The van der Waals surface area contributed by atoms with Gasteiger partial charge >= 0.3 is 0 Å². The number of benzene rings is 1. The Morgan fingerprint density at radius 3 is 2.38 bits per heavy atom. The largest absolute Gasteiger partial charge is 0.327 e. The molecule has 0 unspecified atom stereocenters. The third-order valence-electron chi connectivity index (χ3n) is 1.96. The number of rotatable bonds is 2. The van der Waals surface area contributed by atoms with E-state index in [2.05, 4.69) is 68.9 Å². The van der Waals surface area contributed by atoms with Crippen molar-refractivity contribution < 1.29 is 4.48 Å². The first-order chi connectivity index (χ1) is 5.88. The lowest BCUT2D eigenvalue weighted by Gasteiger charge is -2.24. The molecule has 0 aliphatic carbocycles. The van der Waals surface area contributed by atoms with Crippen LogP contribution in [-0.2, 0) is 6.54 Å². The second kappa shape index (κ2) is 3.96. The first kappa shape index (κ1) is 11.0. The van der Waals surface area contributed by atoms with Crippen LogP contribution >= 0.6 is 22.6 Å². The summed E-state index contributed by atoms with van der Waals surface area (Å²) < 4.78 is 2.31. The third-order valence-corrected chi connectivity index (χ3v) is 2.63. The van der Waals surface area contributed by atoms with E-state index in [1.807, 2.05) is 0 Å². The molecular formula is C11H17IN+. The van der Waals surface area contributed by atoms with E-state index in [9.17, 15) is 0 Å². The average molecular weight is 290 g/mol. The maximum atomic E-state index is 2.37. The molecule has 0 aromatic heterocycles. The van der Waals surface area contributed by atoms with E-state index >= 15 is 0 Å². The van der Waals surface area contributed by atoms with Crippen LogP contribution in [0.2, 0.25) is 0 Å². The lowest BCUT2D eigenvalue weighted by Crippen LogP contribution is -2.33. The van der Waals surface area contributed by atoms with Crippen LogP contribution < -0.4 is 0 Å². The summed E-state index contributed by atoms with van der Waals surface area (Å²) in [4.78, 5) is 0. The van der Waals surface area contributed by atoms with E-state index in [1.54, 1.807) is 0 Å². The van der Waals surface area contributed by atoms with Crippen molar-refractivity contribution >= 4 is 22.6 Å². The fraction of sp³-hybridized carbons (Fsp3) is 0.455. The van der Waals surface area contributed by atoms with Crippen LogP contribution in [0.4, 0.5) is 0 Å². The SMILES string of the molecule is Cc1ccc(I)cc1C[N+](C)(C)C. The van der Waals surface area contributed by atoms with Crippen LogP contribution in [0.25, 0.3) is 0 Å². The Hall–Kier alpha value is -0.0900.